The average molecular weight is 239 g/mol. The lowest BCUT2D eigenvalue weighted by Gasteiger charge is -2.10. The number of anilines is 1. The third-order valence-corrected chi connectivity index (χ3v) is 2.48. The summed E-state index contributed by atoms with van der Waals surface area (Å²) in [5.74, 6) is -0.893. The Labute approximate surface area is 96.1 Å². The Bertz CT molecular complexity index is 527. The van der Waals surface area contributed by atoms with E-state index in [1.165, 1.54) is 6.20 Å². The van der Waals surface area contributed by atoms with Crippen LogP contribution in [-0.4, -0.2) is 15.3 Å². The molecule has 0 saturated heterocycles. The zero-order valence-corrected chi connectivity index (χ0v) is 8.82. The van der Waals surface area contributed by atoms with Crippen LogP contribution in [0.3, 0.4) is 0 Å². The van der Waals surface area contributed by atoms with Gasteiger partial charge in [0.05, 0.1) is 12.3 Å². The summed E-state index contributed by atoms with van der Waals surface area (Å²) in [6.45, 7) is 0. The Balaban J connectivity index is 2.21. The predicted molar refractivity (Wildman–Crippen MR) is 58.0 cm³/mol. The number of nitrogens with two attached hydrogens (primary N) is 1. The lowest BCUT2D eigenvalue weighted by Crippen LogP contribution is -2.05. The van der Waals surface area contributed by atoms with Gasteiger partial charge >= 0.3 is 0 Å². The minimum absolute atomic E-state index is 0.0622. The third kappa shape index (κ3) is 2.42. The summed E-state index contributed by atoms with van der Waals surface area (Å²) in [5, 5.41) is 15.9. The number of aromatic nitrogens is 2. The van der Waals surface area contributed by atoms with E-state index in [1.807, 2.05) is 0 Å². The van der Waals surface area contributed by atoms with Crippen LogP contribution in [0.5, 0.6) is 0 Å². The number of nitrogens with one attached hydrogen (secondary N) is 1. The number of hydrogen-bond donors (Lipinski definition) is 3. The van der Waals surface area contributed by atoms with Crippen molar-refractivity contribution in [1.82, 2.24) is 10.2 Å². The van der Waals surface area contributed by atoms with Crippen molar-refractivity contribution < 1.29 is 13.9 Å². The van der Waals surface area contributed by atoms with Gasteiger partial charge in [-0.05, 0) is 23.8 Å². The molecule has 0 radical (unpaired) electrons. The van der Waals surface area contributed by atoms with Crippen LogP contribution in [0.2, 0.25) is 0 Å². The van der Waals surface area contributed by atoms with Crippen LogP contribution in [-0.2, 0) is 6.42 Å². The van der Waals surface area contributed by atoms with Crippen molar-refractivity contribution in [3.8, 4) is 0 Å². The van der Waals surface area contributed by atoms with Gasteiger partial charge in [0.2, 0.25) is 0 Å². The first kappa shape index (κ1) is 11.5. The predicted octanol–water partition coefficient (Wildman–Crippen LogP) is 1.55. The lowest BCUT2D eigenvalue weighted by atomic mass is 10.0. The third-order valence-electron chi connectivity index (χ3n) is 2.48. The van der Waals surface area contributed by atoms with E-state index < -0.39 is 17.7 Å². The van der Waals surface area contributed by atoms with Crippen molar-refractivity contribution >= 4 is 5.82 Å². The molecule has 0 fully saturated rings. The Kier molecular flexibility index (Phi) is 3.06. The fraction of sp³-hybridized carbons (Fsp3) is 0.182. The van der Waals surface area contributed by atoms with Crippen molar-refractivity contribution in [3.63, 3.8) is 0 Å². The Hall–Kier alpha value is -1.95. The highest BCUT2D eigenvalue weighted by molar-refractivity contribution is 5.39. The second kappa shape index (κ2) is 4.50. The largest absolute Gasteiger partial charge is 0.388 e. The molecule has 0 bridgehead atoms. The molecule has 0 aliphatic carbocycles. The van der Waals surface area contributed by atoms with Gasteiger partial charge in [-0.25, -0.2) is 8.78 Å². The topological polar surface area (TPSA) is 74.9 Å². The molecule has 1 heterocycles. The average Bonchev–Trinajstić information content (AvgIpc) is 2.70. The van der Waals surface area contributed by atoms with Gasteiger partial charge in [0.25, 0.3) is 0 Å². The van der Waals surface area contributed by atoms with Gasteiger partial charge in [0, 0.05) is 12.0 Å². The maximum Gasteiger partial charge on any atom is 0.126 e. The smallest absolute Gasteiger partial charge is 0.126 e. The number of rotatable bonds is 3. The second-order valence-electron chi connectivity index (χ2n) is 3.69. The number of aliphatic hydroxyl groups excluding tert-OH is 1. The number of H-pyrrole nitrogens is 1. The van der Waals surface area contributed by atoms with Crippen molar-refractivity contribution in [2.45, 2.75) is 12.5 Å². The highest BCUT2D eigenvalue weighted by atomic mass is 19.1. The summed E-state index contributed by atoms with van der Waals surface area (Å²) in [6, 6.07) is 3.10. The first-order chi connectivity index (χ1) is 8.08. The highest BCUT2D eigenvalue weighted by Gasteiger charge is 2.16. The Morgan fingerprint density at radius 2 is 2.18 bits per heavy atom. The highest BCUT2D eigenvalue weighted by Crippen LogP contribution is 2.23. The van der Waals surface area contributed by atoms with E-state index >= 15 is 0 Å². The van der Waals surface area contributed by atoms with Crippen molar-refractivity contribution in [3.05, 3.63) is 47.2 Å². The molecule has 2 rings (SSSR count). The van der Waals surface area contributed by atoms with Crippen LogP contribution in [0.4, 0.5) is 14.6 Å². The molecule has 0 spiro atoms. The summed E-state index contributed by atoms with van der Waals surface area (Å²) in [7, 11) is 0. The maximum atomic E-state index is 13.3. The minimum atomic E-state index is -1.02. The molecule has 4 N–H and O–H groups in total. The lowest BCUT2D eigenvalue weighted by molar-refractivity contribution is 0.178. The number of nitrogens with zero attached hydrogens (tertiary/aromatic N) is 1. The van der Waals surface area contributed by atoms with E-state index in [4.69, 9.17) is 5.73 Å². The fourth-order valence-electron chi connectivity index (χ4n) is 1.59. The van der Waals surface area contributed by atoms with E-state index in [-0.39, 0.29) is 17.8 Å². The second-order valence-corrected chi connectivity index (χ2v) is 3.69. The molecular formula is C11H11F2N3O. The van der Waals surface area contributed by atoms with Crippen molar-refractivity contribution in [1.29, 1.82) is 0 Å². The van der Waals surface area contributed by atoms with Gasteiger partial charge in [-0.3, -0.25) is 5.10 Å². The quantitative estimate of drug-likeness (QED) is 0.760. The molecule has 17 heavy (non-hydrogen) atoms. The molecule has 0 saturated carbocycles. The van der Waals surface area contributed by atoms with Crippen LogP contribution in [0.1, 0.15) is 17.2 Å². The number of halogens is 2. The van der Waals surface area contributed by atoms with Crippen LogP contribution >= 0.6 is 0 Å². The van der Waals surface area contributed by atoms with Crippen molar-refractivity contribution in [2.24, 2.45) is 0 Å². The minimum Gasteiger partial charge on any atom is -0.388 e. The molecule has 0 aliphatic heterocycles. The standard InChI is InChI=1S/C11H11F2N3O/c12-7-1-2-9(13)6(3-7)4-10(17)8-5-15-16-11(8)14/h1-3,5,10,17H,4H2,(H3,14,15,16). The summed E-state index contributed by atoms with van der Waals surface area (Å²) >= 11 is 0. The number of aromatic amines is 1. The Morgan fingerprint density at radius 1 is 1.41 bits per heavy atom. The molecule has 6 heteroatoms. The number of hydrogen-bond acceptors (Lipinski definition) is 3. The van der Waals surface area contributed by atoms with Crippen molar-refractivity contribution in [2.75, 3.05) is 5.73 Å². The van der Waals surface area contributed by atoms with Gasteiger partial charge in [0.15, 0.2) is 0 Å². The number of benzene rings is 1. The molecule has 0 aliphatic rings. The molecule has 0 amide bonds. The zero-order valence-electron chi connectivity index (χ0n) is 8.82. The van der Waals surface area contributed by atoms with E-state index in [0.717, 1.165) is 18.2 Å². The van der Waals surface area contributed by atoms with E-state index in [9.17, 15) is 13.9 Å². The monoisotopic (exact) mass is 239 g/mol. The summed E-state index contributed by atoms with van der Waals surface area (Å²) < 4.78 is 26.3. The van der Waals surface area contributed by atoms with Crippen LogP contribution in [0.15, 0.2) is 24.4 Å². The zero-order chi connectivity index (χ0) is 12.4. The fourth-order valence-corrected chi connectivity index (χ4v) is 1.59. The van der Waals surface area contributed by atoms with Gasteiger partial charge in [-0.1, -0.05) is 0 Å². The molecule has 1 atom stereocenters. The molecule has 4 nitrogen and oxygen atoms in total. The molecule has 2 aromatic rings. The molecule has 1 aromatic heterocycles. The van der Waals surface area contributed by atoms with E-state index in [0.29, 0.717) is 5.56 Å². The van der Waals surface area contributed by atoms with Crippen LogP contribution < -0.4 is 5.73 Å². The molecular weight excluding hydrogens is 228 g/mol. The number of aliphatic hydroxyl groups is 1. The van der Waals surface area contributed by atoms with E-state index in [2.05, 4.69) is 10.2 Å². The summed E-state index contributed by atoms with van der Waals surface area (Å²) in [6.07, 6.45) is 0.273. The first-order valence-corrected chi connectivity index (χ1v) is 4.98. The van der Waals surface area contributed by atoms with Crippen LogP contribution in [0.25, 0.3) is 0 Å². The summed E-state index contributed by atoms with van der Waals surface area (Å²) in [4.78, 5) is 0. The molecule has 1 aromatic carbocycles. The van der Waals surface area contributed by atoms with E-state index in [1.54, 1.807) is 0 Å². The van der Waals surface area contributed by atoms with Gasteiger partial charge in [-0.2, -0.15) is 5.10 Å². The Morgan fingerprint density at radius 3 is 2.82 bits per heavy atom. The van der Waals surface area contributed by atoms with Gasteiger partial charge in [0.1, 0.15) is 17.5 Å². The SMILES string of the molecule is Nc1[nH]ncc1C(O)Cc1cc(F)ccc1F. The maximum absolute atomic E-state index is 13.3. The first-order valence-electron chi connectivity index (χ1n) is 4.98. The molecule has 90 valence electrons. The number of nitrogen functional groups attached to an aromatic ring is 1. The molecule has 1 unspecified atom stereocenters. The van der Waals surface area contributed by atoms with Gasteiger partial charge in [-0.15, -0.1) is 0 Å². The van der Waals surface area contributed by atoms with Crippen LogP contribution in [0, 0.1) is 11.6 Å². The normalized spacial score (nSPS) is 12.6. The van der Waals surface area contributed by atoms with Gasteiger partial charge < -0.3 is 10.8 Å². The summed E-state index contributed by atoms with van der Waals surface area (Å²) in [5.41, 5.74) is 5.98.